The zero-order valence-corrected chi connectivity index (χ0v) is 14.1. The number of nitrogens with zero attached hydrogens (tertiary/aromatic N) is 2. The fraction of sp³-hybridized carbons (Fsp3) is 0.222. The van der Waals surface area contributed by atoms with E-state index in [0.29, 0.717) is 29.8 Å². The summed E-state index contributed by atoms with van der Waals surface area (Å²) in [5, 5.41) is 16.3. The second-order valence-corrected chi connectivity index (χ2v) is 5.29. The smallest absolute Gasteiger partial charge is 0.229 e. The van der Waals surface area contributed by atoms with E-state index >= 15 is 0 Å². The lowest BCUT2D eigenvalue weighted by molar-refractivity contribution is 0.311. The van der Waals surface area contributed by atoms with E-state index in [9.17, 15) is 0 Å². The lowest BCUT2D eigenvalue weighted by Gasteiger charge is -2.12. The summed E-state index contributed by atoms with van der Waals surface area (Å²) in [7, 11) is 3.20. The van der Waals surface area contributed by atoms with Gasteiger partial charge in [0.15, 0.2) is 0 Å². The third-order valence-electron chi connectivity index (χ3n) is 3.62. The molecule has 0 bridgehead atoms. The van der Waals surface area contributed by atoms with Crippen molar-refractivity contribution in [3.05, 3.63) is 42.5 Å². The van der Waals surface area contributed by atoms with Crippen molar-refractivity contribution in [3.8, 4) is 11.5 Å². The van der Waals surface area contributed by atoms with E-state index in [-0.39, 0.29) is 6.61 Å². The molecule has 0 radical (unpaired) electrons. The Labute approximate surface area is 145 Å². The van der Waals surface area contributed by atoms with Crippen LogP contribution in [-0.4, -0.2) is 42.4 Å². The van der Waals surface area contributed by atoms with Gasteiger partial charge in [-0.15, -0.1) is 0 Å². The number of nitrogens with one attached hydrogen (secondary N) is 2. The fourth-order valence-corrected chi connectivity index (χ4v) is 2.45. The Hall–Kier alpha value is -3.06. The molecule has 130 valence electrons. The number of hydrogen-bond donors (Lipinski definition) is 3. The predicted molar refractivity (Wildman–Crippen MR) is 97.9 cm³/mol. The number of benzene rings is 2. The normalized spacial score (nSPS) is 10.5. The van der Waals surface area contributed by atoms with Crippen LogP contribution in [-0.2, 0) is 0 Å². The number of rotatable bonds is 7. The molecule has 3 N–H and O–H groups in total. The van der Waals surface area contributed by atoms with Crippen molar-refractivity contribution >= 4 is 28.4 Å². The van der Waals surface area contributed by atoms with E-state index in [0.717, 1.165) is 16.6 Å². The van der Waals surface area contributed by atoms with E-state index in [2.05, 4.69) is 20.6 Å². The van der Waals surface area contributed by atoms with Crippen molar-refractivity contribution < 1.29 is 14.6 Å². The molecule has 0 unspecified atom stereocenters. The average molecular weight is 340 g/mol. The van der Waals surface area contributed by atoms with E-state index in [1.54, 1.807) is 20.3 Å². The Morgan fingerprint density at radius 2 is 1.72 bits per heavy atom. The number of aliphatic hydroxyl groups is 1. The van der Waals surface area contributed by atoms with Crippen molar-refractivity contribution in [1.82, 2.24) is 9.97 Å². The number of anilines is 3. The first-order valence-corrected chi connectivity index (χ1v) is 7.85. The third kappa shape index (κ3) is 3.89. The molecule has 7 heteroatoms. The standard InChI is InChI=1S/C18H20N4O3/c1-24-13-9-12(10-14(11-13)25-2)20-18-21-16-6-4-3-5-15(16)17(22-18)19-7-8-23/h3-6,9-11,23H,7-8H2,1-2H3,(H2,19,20,21,22). The average Bonchev–Trinajstić information content (AvgIpc) is 2.65. The van der Waals surface area contributed by atoms with Gasteiger partial charge >= 0.3 is 0 Å². The summed E-state index contributed by atoms with van der Waals surface area (Å²) in [4.78, 5) is 9.06. The second kappa shape index (κ2) is 7.67. The minimum absolute atomic E-state index is 0.0220. The number of hydrogen-bond acceptors (Lipinski definition) is 7. The minimum atomic E-state index is 0.0220. The van der Waals surface area contributed by atoms with Crippen molar-refractivity contribution in [2.45, 2.75) is 0 Å². The van der Waals surface area contributed by atoms with E-state index in [1.807, 2.05) is 36.4 Å². The molecular formula is C18H20N4O3. The highest BCUT2D eigenvalue weighted by Crippen LogP contribution is 2.28. The Morgan fingerprint density at radius 3 is 2.40 bits per heavy atom. The summed E-state index contributed by atoms with van der Waals surface area (Å²) in [6.07, 6.45) is 0. The number of methoxy groups -OCH3 is 2. The van der Waals surface area contributed by atoms with Crippen LogP contribution in [0.25, 0.3) is 10.9 Å². The van der Waals surface area contributed by atoms with Gasteiger partial charge < -0.3 is 25.2 Å². The van der Waals surface area contributed by atoms with Gasteiger partial charge in [-0.1, -0.05) is 12.1 Å². The summed E-state index contributed by atoms with van der Waals surface area (Å²) in [5.41, 5.74) is 1.55. The maximum Gasteiger partial charge on any atom is 0.229 e. The summed E-state index contributed by atoms with van der Waals surface area (Å²) in [5.74, 6) is 2.44. The van der Waals surface area contributed by atoms with Gasteiger partial charge in [-0.3, -0.25) is 0 Å². The number of aliphatic hydroxyl groups excluding tert-OH is 1. The zero-order chi connectivity index (χ0) is 17.6. The largest absolute Gasteiger partial charge is 0.497 e. The Balaban J connectivity index is 1.98. The molecule has 2 aromatic carbocycles. The molecule has 1 heterocycles. The Kier molecular flexibility index (Phi) is 5.15. The molecule has 0 spiro atoms. The van der Waals surface area contributed by atoms with Crippen molar-refractivity contribution in [1.29, 1.82) is 0 Å². The summed E-state index contributed by atoms with van der Waals surface area (Å²) in [6.45, 7) is 0.432. The molecule has 0 saturated carbocycles. The van der Waals surface area contributed by atoms with Crippen LogP contribution < -0.4 is 20.1 Å². The lowest BCUT2D eigenvalue weighted by Crippen LogP contribution is -2.09. The van der Waals surface area contributed by atoms with E-state index in [1.165, 1.54) is 0 Å². The first-order chi connectivity index (χ1) is 12.2. The molecule has 0 aliphatic carbocycles. The molecule has 0 aliphatic rings. The van der Waals surface area contributed by atoms with Gasteiger partial charge in [0.05, 0.1) is 26.3 Å². The quantitative estimate of drug-likeness (QED) is 0.609. The monoisotopic (exact) mass is 340 g/mol. The van der Waals surface area contributed by atoms with Gasteiger partial charge in [0.1, 0.15) is 17.3 Å². The highest BCUT2D eigenvalue weighted by Gasteiger charge is 2.09. The second-order valence-electron chi connectivity index (χ2n) is 5.29. The van der Waals surface area contributed by atoms with Crippen LogP contribution in [0.15, 0.2) is 42.5 Å². The number of ether oxygens (including phenoxy) is 2. The van der Waals surface area contributed by atoms with Gasteiger partial charge in [0, 0.05) is 35.8 Å². The molecule has 0 saturated heterocycles. The van der Waals surface area contributed by atoms with Crippen molar-refractivity contribution in [3.63, 3.8) is 0 Å². The number of para-hydroxylation sites is 1. The van der Waals surface area contributed by atoms with Crippen LogP contribution in [0.4, 0.5) is 17.5 Å². The molecular weight excluding hydrogens is 320 g/mol. The topological polar surface area (TPSA) is 88.5 Å². The summed E-state index contributed by atoms with van der Waals surface area (Å²) < 4.78 is 10.6. The molecule has 1 aromatic heterocycles. The molecule has 0 aliphatic heterocycles. The van der Waals surface area contributed by atoms with Gasteiger partial charge in [-0.05, 0) is 12.1 Å². The minimum Gasteiger partial charge on any atom is -0.497 e. The Bertz CT molecular complexity index is 848. The molecule has 0 amide bonds. The molecule has 0 fully saturated rings. The predicted octanol–water partition coefficient (Wildman–Crippen LogP) is 2.79. The fourth-order valence-electron chi connectivity index (χ4n) is 2.45. The van der Waals surface area contributed by atoms with Crippen LogP contribution in [0.2, 0.25) is 0 Å². The number of aromatic nitrogens is 2. The maximum atomic E-state index is 9.07. The molecule has 3 rings (SSSR count). The van der Waals surface area contributed by atoms with Gasteiger partial charge in [0.25, 0.3) is 0 Å². The van der Waals surface area contributed by atoms with Crippen LogP contribution in [0, 0.1) is 0 Å². The highest BCUT2D eigenvalue weighted by atomic mass is 16.5. The van der Waals surface area contributed by atoms with Gasteiger partial charge in [0.2, 0.25) is 5.95 Å². The van der Waals surface area contributed by atoms with E-state index < -0.39 is 0 Å². The number of fused-ring (bicyclic) bond motifs is 1. The summed E-state index contributed by atoms with van der Waals surface area (Å²) in [6, 6.07) is 13.2. The first kappa shape index (κ1) is 16.8. The zero-order valence-electron chi connectivity index (χ0n) is 14.1. The lowest BCUT2D eigenvalue weighted by atomic mass is 10.2. The van der Waals surface area contributed by atoms with E-state index in [4.69, 9.17) is 14.6 Å². The SMILES string of the molecule is COc1cc(Nc2nc(NCCO)c3ccccc3n2)cc(OC)c1. The maximum absolute atomic E-state index is 9.07. The van der Waals surface area contributed by atoms with Crippen LogP contribution >= 0.6 is 0 Å². The van der Waals surface area contributed by atoms with Gasteiger partial charge in [-0.2, -0.15) is 4.98 Å². The van der Waals surface area contributed by atoms with Crippen molar-refractivity contribution in [2.75, 3.05) is 38.0 Å². The Morgan fingerprint density at radius 1 is 1.00 bits per heavy atom. The highest BCUT2D eigenvalue weighted by molar-refractivity contribution is 5.90. The first-order valence-electron chi connectivity index (χ1n) is 7.85. The molecule has 7 nitrogen and oxygen atoms in total. The van der Waals surface area contributed by atoms with Gasteiger partial charge in [-0.25, -0.2) is 4.98 Å². The third-order valence-corrected chi connectivity index (χ3v) is 3.62. The molecule has 3 aromatic rings. The molecule has 25 heavy (non-hydrogen) atoms. The van der Waals surface area contributed by atoms with Crippen LogP contribution in [0.3, 0.4) is 0 Å². The molecule has 0 atom stereocenters. The van der Waals surface area contributed by atoms with Crippen LogP contribution in [0.5, 0.6) is 11.5 Å². The summed E-state index contributed by atoms with van der Waals surface area (Å²) >= 11 is 0. The van der Waals surface area contributed by atoms with Crippen molar-refractivity contribution in [2.24, 2.45) is 0 Å². The van der Waals surface area contributed by atoms with Crippen LogP contribution in [0.1, 0.15) is 0 Å².